The van der Waals surface area contributed by atoms with E-state index in [0.717, 1.165) is 0 Å². The molecule has 12 heteroatoms. The standard InChI is InChI=1S/C19H27N5O7/c1-9-6-10(8-11(25)7-9)16(19(30)31)24-15(27)5-3-13(17(22)28)23-18(29)12(20)2-4-14(21)26/h6-8,12-13,16,25H,2-5,20H2,1H3,(H2,21,26)(H2,22,28)(H,23,29)(H,24,27)(H,30,31). The molecular weight excluding hydrogens is 410 g/mol. The van der Waals surface area contributed by atoms with Gasteiger partial charge in [0.15, 0.2) is 6.04 Å². The molecule has 1 rings (SSSR count). The average Bonchev–Trinajstić information content (AvgIpc) is 2.65. The molecule has 0 aliphatic heterocycles. The highest BCUT2D eigenvalue weighted by atomic mass is 16.4. The lowest BCUT2D eigenvalue weighted by molar-refractivity contribution is -0.142. The number of carbonyl (C=O) groups is 5. The summed E-state index contributed by atoms with van der Waals surface area (Å²) in [5.74, 6) is -4.52. The third kappa shape index (κ3) is 8.70. The lowest BCUT2D eigenvalue weighted by Gasteiger charge is -2.19. The molecule has 0 aromatic heterocycles. The molecule has 0 fully saturated rings. The van der Waals surface area contributed by atoms with Gasteiger partial charge in [-0.1, -0.05) is 6.07 Å². The molecule has 0 saturated carbocycles. The van der Waals surface area contributed by atoms with Crippen LogP contribution in [0.25, 0.3) is 0 Å². The molecule has 0 aliphatic carbocycles. The molecule has 3 atom stereocenters. The second kappa shape index (κ2) is 11.5. The van der Waals surface area contributed by atoms with Gasteiger partial charge in [-0.25, -0.2) is 4.79 Å². The lowest BCUT2D eigenvalue weighted by atomic mass is 10.0. The van der Waals surface area contributed by atoms with Gasteiger partial charge in [-0.05, 0) is 43.0 Å². The number of aryl methyl sites for hydroxylation is 1. The molecule has 4 amide bonds. The number of benzene rings is 1. The van der Waals surface area contributed by atoms with Gasteiger partial charge >= 0.3 is 5.97 Å². The quantitative estimate of drug-likeness (QED) is 0.198. The van der Waals surface area contributed by atoms with Crippen molar-refractivity contribution in [3.8, 4) is 5.75 Å². The van der Waals surface area contributed by atoms with Crippen molar-refractivity contribution in [2.75, 3.05) is 0 Å². The molecule has 0 bridgehead atoms. The molecular formula is C19H27N5O7. The number of rotatable bonds is 12. The summed E-state index contributed by atoms with van der Waals surface area (Å²) in [5, 5.41) is 23.7. The van der Waals surface area contributed by atoms with Crippen LogP contribution in [0.5, 0.6) is 5.75 Å². The number of nitrogens with two attached hydrogens (primary N) is 3. The number of carboxylic acid groups (broad SMARTS) is 1. The zero-order valence-electron chi connectivity index (χ0n) is 17.0. The number of phenolic OH excluding ortho intramolecular Hbond substituents is 1. The maximum absolute atomic E-state index is 12.2. The van der Waals surface area contributed by atoms with E-state index < -0.39 is 47.7 Å². The number of hydrogen-bond donors (Lipinski definition) is 7. The van der Waals surface area contributed by atoms with Crippen LogP contribution in [-0.2, 0) is 24.0 Å². The van der Waals surface area contributed by atoms with Crippen molar-refractivity contribution in [1.29, 1.82) is 0 Å². The second-order valence-electron chi connectivity index (χ2n) is 7.05. The van der Waals surface area contributed by atoms with Crippen molar-refractivity contribution < 1.29 is 34.2 Å². The van der Waals surface area contributed by atoms with Gasteiger partial charge in [-0.3, -0.25) is 19.2 Å². The summed E-state index contributed by atoms with van der Waals surface area (Å²) in [6.45, 7) is 1.65. The summed E-state index contributed by atoms with van der Waals surface area (Å²) in [7, 11) is 0. The lowest BCUT2D eigenvalue weighted by Crippen LogP contribution is -2.51. The second-order valence-corrected chi connectivity index (χ2v) is 7.05. The first-order valence-electron chi connectivity index (χ1n) is 9.37. The largest absolute Gasteiger partial charge is 0.508 e. The van der Waals surface area contributed by atoms with Gasteiger partial charge in [0.1, 0.15) is 11.8 Å². The van der Waals surface area contributed by atoms with Crippen LogP contribution in [0.1, 0.15) is 42.9 Å². The number of carboxylic acids is 1. The Morgan fingerprint density at radius 1 is 1.00 bits per heavy atom. The van der Waals surface area contributed by atoms with Crippen LogP contribution in [0, 0.1) is 6.92 Å². The summed E-state index contributed by atoms with van der Waals surface area (Å²) >= 11 is 0. The molecule has 0 aliphatic rings. The van der Waals surface area contributed by atoms with Crippen LogP contribution in [0.4, 0.5) is 0 Å². The fourth-order valence-electron chi connectivity index (χ4n) is 2.75. The van der Waals surface area contributed by atoms with Crippen LogP contribution in [0.2, 0.25) is 0 Å². The molecule has 0 radical (unpaired) electrons. The number of phenols is 1. The first-order chi connectivity index (χ1) is 14.4. The maximum atomic E-state index is 12.2. The Hall–Kier alpha value is -3.67. The molecule has 0 spiro atoms. The van der Waals surface area contributed by atoms with Crippen molar-refractivity contribution in [1.82, 2.24) is 10.6 Å². The first kappa shape index (κ1) is 25.4. The van der Waals surface area contributed by atoms with E-state index in [-0.39, 0.29) is 37.0 Å². The SMILES string of the molecule is Cc1cc(O)cc(C(NC(=O)CCC(NC(=O)C(N)CCC(N)=O)C(N)=O)C(=O)O)c1. The summed E-state index contributed by atoms with van der Waals surface area (Å²) in [6, 6.07) is 0.378. The fraction of sp³-hybridized carbons (Fsp3) is 0.421. The third-order valence-corrected chi connectivity index (χ3v) is 4.33. The molecule has 1 aromatic carbocycles. The predicted octanol–water partition coefficient (Wildman–Crippen LogP) is -1.71. The Morgan fingerprint density at radius 2 is 1.65 bits per heavy atom. The third-order valence-electron chi connectivity index (χ3n) is 4.33. The number of aliphatic carboxylic acids is 1. The van der Waals surface area contributed by atoms with E-state index in [2.05, 4.69) is 10.6 Å². The smallest absolute Gasteiger partial charge is 0.330 e. The number of hydrogen-bond acceptors (Lipinski definition) is 7. The molecule has 1 aromatic rings. The van der Waals surface area contributed by atoms with Gasteiger partial charge in [-0.2, -0.15) is 0 Å². The van der Waals surface area contributed by atoms with Gasteiger partial charge < -0.3 is 38.0 Å². The topological polar surface area (TPSA) is 228 Å². The van der Waals surface area contributed by atoms with E-state index >= 15 is 0 Å². The zero-order chi connectivity index (χ0) is 23.7. The average molecular weight is 437 g/mol. The highest BCUT2D eigenvalue weighted by Crippen LogP contribution is 2.21. The summed E-state index contributed by atoms with van der Waals surface area (Å²) in [5.41, 5.74) is 16.6. The Morgan fingerprint density at radius 3 is 2.16 bits per heavy atom. The molecule has 0 heterocycles. The fourth-order valence-corrected chi connectivity index (χ4v) is 2.75. The van der Waals surface area contributed by atoms with E-state index in [9.17, 15) is 34.2 Å². The minimum absolute atomic E-state index is 0.0310. The molecule has 10 N–H and O–H groups in total. The molecule has 31 heavy (non-hydrogen) atoms. The van der Waals surface area contributed by atoms with Gasteiger partial charge in [0.2, 0.25) is 23.6 Å². The van der Waals surface area contributed by atoms with Crippen molar-refractivity contribution >= 4 is 29.6 Å². The van der Waals surface area contributed by atoms with Crippen molar-refractivity contribution in [3.63, 3.8) is 0 Å². The van der Waals surface area contributed by atoms with Gasteiger partial charge in [0, 0.05) is 12.8 Å². The van der Waals surface area contributed by atoms with E-state index in [1.807, 2.05) is 0 Å². The molecule has 0 saturated heterocycles. The molecule has 12 nitrogen and oxygen atoms in total. The monoisotopic (exact) mass is 437 g/mol. The van der Waals surface area contributed by atoms with Crippen LogP contribution in [0.15, 0.2) is 18.2 Å². The number of nitrogens with one attached hydrogen (secondary N) is 2. The van der Waals surface area contributed by atoms with Crippen LogP contribution in [0.3, 0.4) is 0 Å². The number of amides is 4. The van der Waals surface area contributed by atoms with Crippen molar-refractivity contribution in [3.05, 3.63) is 29.3 Å². The Bertz CT molecular complexity index is 838. The highest BCUT2D eigenvalue weighted by Gasteiger charge is 2.26. The minimum atomic E-state index is -1.43. The van der Waals surface area contributed by atoms with E-state index in [1.54, 1.807) is 6.92 Å². The Kier molecular flexibility index (Phi) is 9.41. The summed E-state index contributed by atoms with van der Waals surface area (Å²) in [4.78, 5) is 58.2. The Labute approximate surface area is 178 Å². The highest BCUT2D eigenvalue weighted by molar-refractivity contribution is 5.90. The predicted molar refractivity (Wildman–Crippen MR) is 108 cm³/mol. The van der Waals surface area contributed by atoms with Crippen LogP contribution in [-0.4, -0.2) is 51.9 Å². The van der Waals surface area contributed by atoms with Gasteiger partial charge in [0.05, 0.1) is 6.04 Å². The molecule has 170 valence electrons. The minimum Gasteiger partial charge on any atom is -0.508 e. The van der Waals surface area contributed by atoms with E-state index in [0.29, 0.717) is 5.56 Å². The van der Waals surface area contributed by atoms with E-state index in [4.69, 9.17) is 17.2 Å². The maximum Gasteiger partial charge on any atom is 0.330 e. The van der Waals surface area contributed by atoms with Crippen LogP contribution < -0.4 is 27.8 Å². The Balaban J connectivity index is 2.73. The van der Waals surface area contributed by atoms with Gasteiger partial charge in [0.25, 0.3) is 0 Å². The number of primary amides is 2. The van der Waals surface area contributed by atoms with E-state index in [1.165, 1.54) is 18.2 Å². The van der Waals surface area contributed by atoms with Gasteiger partial charge in [-0.15, -0.1) is 0 Å². The summed E-state index contributed by atoms with van der Waals surface area (Å²) in [6.07, 6.45) is -0.688. The molecule has 3 unspecified atom stereocenters. The van der Waals surface area contributed by atoms with Crippen molar-refractivity contribution in [2.45, 2.75) is 50.7 Å². The number of carbonyl (C=O) groups excluding carboxylic acids is 4. The summed E-state index contributed by atoms with van der Waals surface area (Å²) < 4.78 is 0. The zero-order valence-corrected chi connectivity index (χ0v) is 17.0. The first-order valence-corrected chi connectivity index (χ1v) is 9.37. The normalized spacial score (nSPS) is 13.5. The van der Waals surface area contributed by atoms with Crippen LogP contribution >= 0.6 is 0 Å². The number of aromatic hydroxyl groups is 1. The van der Waals surface area contributed by atoms with Crippen molar-refractivity contribution in [2.24, 2.45) is 17.2 Å².